The van der Waals surface area contributed by atoms with Crippen LogP contribution in [0.25, 0.3) is 0 Å². The van der Waals surface area contributed by atoms with Gasteiger partial charge in [-0.05, 0) is 12.1 Å². The Hall–Kier alpha value is -1.32. The molecular weight excluding hydrogens is 320 g/mol. The van der Waals surface area contributed by atoms with E-state index in [-0.39, 0.29) is 42.4 Å². The Bertz CT molecular complexity index is 671. The number of anilines is 1. The number of hydrogen-bond donors (Lipinski definition) is 1. The van der Waals surface area contributed by atoms with Gasteiger partial charge in [-0.3, -0.25) is 0 Å². The average molecular weight is 335 g/mol. The molecule has 0 amide bonds. The first-order chi connectivity index (χ1) is 9.71. The maximum absolute atomic E-state index is 14.1. The van der Waals surface area contributed by atoms with E-state index in [1.807, 2.05) is 0 Å². The molecule has 0 bridgehead atoms. The molecule has 9 heteroatoms. The normalized spacial score (nSPS) is 17.0. The zero-order valence-corrected chi connectivity index (χ0v) is 13.0. The van der Waals surface area contributed by atoms with Gasteiger partial charge < -0.3 is 10.6 Å². The Balaban J connectivity index is 2.22. The van der Waals surface area contributed by atoms with Gasteiger partial charge in [0, 0.05) is 31.7 Å². The first-order valence-electron chi connectivity index (χ1n) is 6.19. The standard InChI is InChI=1S/C12H15F2N3O2S2/c1-21(18,19)17-6-4-16(5-7-17)9-3-2-8(12(15)20)10(13)11(9)14/h2-3H,4-7H2,1H3,(H2,15,20). The van der Waals surface area contributed by atoms with Crippen molar-refractivity contribution >= 4 is 32.9 Å². The molecule has 21 heavy (non-hydrogen) atoms. The highest BCUT2D eigenvalue weighted by Gasteiger charge is 2.26. The maximum Gasteiger partial charge on any atom is 0.211 e. The third-order valence-electron chi connectivity index (χ3n) is 3.38. The van der Waals surface area contributed by atoms with Crippen LogP contribution in [-0.4, -0.2) is 50.1 Å². The van der Waals surface area contributed by atoms with Gasteiger partial charge in [-0.15, -0.1) is 0 Å². The molecule has 1 heterocycles. The Kier molecular flexibility index (Phi) is 4.45. The van der Waals surface area contributed by atoms with Crippen molar-refractivity contribution in [1.82, 2.24) is 4.31 Å². The number of nitrogens with two attached hydrogens (primary N) is 1. The topological polar surface area (TPSA) is 66.6 Å². The second-order valence-electron chi connectivity index (χ2n) is 4.77. The summed E-state index contributed by atoms with van der Waals surface area (Å²) in [5.74, 6) is -2.10. The summed E-state index contributed by atoms with van der Waals surface area (Å²) in [5, 5.41) is 0. The molecule has 0 atom stereocenters. The Labute approximate surface area is 127 Å². The van der Waals surface area contributed by atoms with E-state index in [1.165, 1.54) is 16.4 Å². The summed E-state index contributed by atoms with van der Waals surface area (Å²) in [5.41, 5.74) is 5.26. The molecule has 5 nitrogen and oxygen atoms in total. The van der Waals surface area contributed by atoms with E-state index < -0.39 is 21.7 Å². The number of benzene rings is 1. The van der Waals surface area contributed by atoms with Gasteiger partial charge in [0.2, 0.25) is 10.0 Å². The second-order valence-corrected chi connectivity index (χ2v) is 7.20. The van der Waals surface area contributed by atoms with E-state index in [2.05, 4.69) is 12.2 Å². The summed E-state index contributed by atoms with van der Waals surface area (Å²) in [6.45, 7) is 1.04. The van der Waals surface area contributed by atoms with Crippen LogP contribution in [0.1, 0.15) is 5.56 Å². The second kappa shape index (κ2) is 5.82. The minimum absolute atomic E-state index is 0.0839. The molecule has 1 aliphatic heterocycles. The van der Waals surface area contributed by atoms with Crippen LogP contribution in [0.4, 0.5) is 14.5 Å². The van der Waals surface area contributed by atoms with Crippen LogP contribution >= 0.6 is 12.2 Å². The van der Waals surface area contributed by atoms with Crippen molar-refractivity contribution in [1.29, 1.82) is 0 Å². The van der Waals surface area contributed by atoms with Gasteiger partial charge in [-0.25, -0.2) is 17.2 Å². The van der Waals surface area contributed by atoms with Crippen molar-refractivity contribution in [3.8, 4) is 0 Å². The van der Waals surface area contributed by atoms with Crippen molar-refractivity contribution in [3.63, 3.8) is 0 Å². The van der Waals surface area contributed by atoms with E-state index in [9.17, 15) is 17.2 Å². The Morgan fingerprint density at radius 1 is 1.19 bits per heavy atom. The smallest absolute Gasteiger partial charge is 0.211 e. The fourth-order valence-electron chi connectivity index (χ4n) is 2.23. The molecule has 0 unspecified atom stereocenters. The van der Waals surface area contributed by atoms with Gasteiger partial charge in [-0.2, -0.15) is 4.31 Å². The van der Waals surface area contributed by atoms with Gasteiger partial charge in [0.1, 0.15) is 4.99 Å². The van der Waals surface area contributed by atoms with Crippen LogP contribution in [0.15, 0.2) is 12.1 Å². The van der Waals surface area contributed by atoms with E-state index in [0.717, 1.165) is 6.26 Å². The Morgan fingerprint density at radius 3 is 2.24 bits per heavy atom. The summed E-state index contributed by atoms with van der Waals surface area (Å²) in [6.07, 6.45) is 1.12. The van der Waals surface area contributed by atoms with Gasteiger partial charge in [0.15, 0.2) is 11.6 Å². The summed E-state index contributed by atoms with van der Waals surface area (Å²) in [4.78, 5) is 1.39. The fourth-order valence-corrected chi connectivity index (χ4v) is 3.22. The maximum atomic E-state index is 14.1. The monoisotopic (exact) mass is 335 g/mol. The number of nitrogens with zero attached hydrogens (tertiary/aromatic N) is 2. The highest BCUT2D eigenvalue weighted by atomic mass is 32.2. The van der Waals surface area contributed by atoms with Gasteiger partial charge >= 0.3 is 0 Å². The van der Waals surface area contributed by atoms with E-state index in [1.54, 1.807) is 4.90 Å². The SMILES string of the molecule is CS(=O)(=O)N1CCN(c2ccc(C(N)=S)c(F)c2F)CC1. The lowest BCUT2D eigenvalue weighted by atomic mass is 10.1. The molecule has 1 aromatic carbocycles. The Morgan fingerprint density at radius 2 is 1.76 bits per heavy atom. The average Bonchev–Trinajstić information content (AvgIpc) is 2.40. The summed E-state index contributed by atoms with van der Waals surface area (Å²) in [7, 11) is -3.26. The largest absolute Gasteiger partial charge is 0.389 e. The lowest BCUT2D eigenvalue weighted by Gasteiger charge is -2.35. The van der Waals surface area contributed by atoms with Crippen LogP contribution in [0.3, 0.4) is 0 Å². The van der Waals surface area contributed by atoms with Crippen LogP contribution in [0, 0.1) is 11.6 Å². The highest BCUT2D eigenvalue weighted by Crippen LogP contribution is 2.25. The van der Waals surface area contributed by atoms with Crippen LogP contribution < -0.4 is 10.6 Å². The zero-order chi connectivity index (χ0) is 15.8. The van der Waals surface area contributed by atoms with E-state index in [4.69, 9.17) is 5.73 Å². The van der Waals surface area contributed by atoms with Crippen molar-refractivity contribution < 1.29 is 17.2 Å². The summed E-state index contributed by atoms with van der Waals surface area (Å²) < 4.78 is 52.1. The van der Waals surface area contributed by atoms with Crippen LogP contribution in [0.5, 0.6) is 0 Å². The molecule has 1 saturated heterocycles. The fraction of sp³-hybridized carbons (Fsp3) is 0.417. The number of halogens is 2. The third kappa shape index (κ3) is 3.30. The first-order valence-corrected chi connectivity index (χ1v) is 8.45. The third-order valence-corrected chi connectivity index (χ3v) is 4.90. The molecule has 0 aliphatic carbocycles. The number of thiocarbonyl (C=S) groups is 1. The predicted octanol–water partition coefficient (Wildman–Crippen LogP) is 0.681. The van der Waals surface area contributed by atoms with E-state index in [0.29, 0.717) is 0 Å². The minimum Gasteiger partial charge on any atom is -0.389 e. The molecule has 0 spiro atoms. The van der Waals surface area contributed by atoms with Gasteiger partial charge in [0.05, 0.1) is 11.9 Å². The molecule has 2 rings (SSSR count). The number of hydrogen-bond acceptors (Lipinski definition) is 4. The zero-order valence-electron chi connectivity index (χ0n) is 11.3. The molecule has 1 aliphatic rings. The number of rotatable bonds is 3. The quantitative estimate of drug-likeness (QED) is 0.823. The molecule has 0 aromatic heterocycles. The molecular formula is C12H15F2N3O2S2. The lowest BCUT2D eigenvalue weighted by molar-refractivity contribution is 0.385. The molecule has 116 valence electrons. The van der Waals surface area contributed by atoms with Crippen molar-refractivity contribution in [2.75, 3.05) is 37.3 Å². The molecule has 0 radical (unpaired) electrons. The first kappa shape index (κ1) is 16.1. The highest BCUT2D eigenvalue weighted by molar-refractivity contribution is 7.88. The number of piperazine rings is 1. The lowest BCUT2D eigenvalue weighted by Crippen LogP contribution is -2.48. The van der Waals surface area contributed by atoms with E-state index >= 15 is 0 Å². The number of sulfonamides is 1. The van der Waals surface area contributed by atoms with Crippen LogP contribution in [-0.2, 0) is 10.0 Å². The molecule has 2 N–H and O–H groups in total. The van der Waals surface area contributed by atoms with Gasteiger partial charge in [0.25, 0.3) is 0 Å². The summed E-state index contributed by atoms with van der Waals surface area (Å²) in [6, 6.07) is 2.74. The summed E-state index contributed by atoms with van der Waals surface area (Å²) >= 11 is 4.65. The van der Waals surface area contributed by atoms with Crippen molar-refractivity contribution in [2.24, 2.45) is 5.73 Å². The predicted molar refractivity (Wildman–Crippen MR) is 80.9 cm³/mol. The van der Waals surface area contributed by atoms with Gasteiger partial charge in [-0.1, -0.05) is 12.2 Å². The molecule has 1 fully saturated rings. The minimum atomic E-state index is -3.26. The van der Waals surface area contributed by atoms with Crippen molar-refractivity contribution in [3.05, 3.63) is 29.3 Å². The molecule has 1 aromatic rings. The van der Waals surface area contributed by atoms with Crippen LogP contribution in [0.2, 0.25) is 0 Å². The van der Waals surface area contributed by atoms with Crippen molar-refractivity contribution in [2.45, 2.75) is 0 Å². The molecule has 0 saturated carbocycles.